The first-order valence-electron chi connectivity index (χ1n) is 11.7. The Morgan fingerprint density at radius 1 is 0.950 bits per heavy atom. The van der Waals surface area contributed by atoms with Gasteiger partial charge >= 0.3 is 6.18 Å². The van der Waals surface area contributed by atoms with Crippen LogP contribution in [0, 0.1) is 11.3 Å². The highest BCUT2D eigenvalue weighted by Crippen LogP contribution is 2.39. The number of nitrogens with two attached hydrogens (primary N) is 1. The average Bonchev–Trinajstić information content (AvgIpc) is 3.50. The van der Waals surface area contributed by atoms with E-state index < -0.39 is 11.7 Å². The van der Waals surface area contributed by atoms with Crippen molar-refractivity contribution in [2.24, 2.45) is 5.73 Å². The van der Waals surface area contributed by atoms with Gasteiger partial charge in [-0.05, 0) is 83.2 Å². The molecule has 5 rings (SSSR count). The van der Waals surface area contributed by atoms with Crippen molar-refractivity contribution >= 4 is 28.6 Å². The Balaban J connectivity index is 1.52. The Morgan fingerprint density at radius 3 is 2.52 bits per heavy atom. The summed E-state index contributed by atoms with van der Waals surface area (Å²) < 4.78 is 53.3. The second-order valence-electron chi connectivity index (χ2n) is 8.35. The van der Waals surface area contributed by atoms with Crippen LogP contribution < -0.4 is 15.2 Å². The highest BCUT2D eigenvalue weighted by molar-refractivity contribution is 8.00. The van der Waals surface area contributed by atoms with Gasteiger partial charge in [0.1, 0.15) is 23.9 Å². The molecule has 0 spiro atoms. The van der Waals surface area contributed by atoms with E-state index >= 15 is 0 Å². The average molecular weight is 577 g/mol. The molecule has 0 bridgehead atoms. The predicted molar refractivity (Wildman–Crippen MR) is 149 cm³/mol. The number of alkyl halides is 3. The molecule has 0 radical (unpaired) electrons. The SMILES string of the molecule is N#Cc1cc(SNc2ncns2)ccc1Oc1ccc(-c2cccc(C(F)(F)F)c2)cc1-c1ccnc(CN)c1. The summed E-state index contributed by atoms with van der Waals surface area (Å²) in [5.74, 6) is 0.734. The number of rotatable bonds is 8. The van der Waals surface area contributed by atoms with Crippen LogP contribution >= 0.6 is 23.5 Å². The van der Waals surface area contributed by atoms with Gasteiger partial charge in [-0.15, -0.1) is 0 Å². The molecular formula is C28H19F3N6OS2. The number of aromatic nitrogens is 3. The van der Waals surface area contributed by atoms with E-state index in [0.717, 1.165) is 17.0 Å². The molecule has 40 heavy (non-hydrogen) atoms. The van der Waals surface area contributed by atoms with Crippen molar-refractivity contribution in [3.63, 3.8) is 0 Å². The number of hydrogen-bond acceptors (Lipinski definition) is 9. The lowest BCUT2D eigenvalue weighted by molar-refractivity contribution is -0.137. The topological polar surface area (TPSA) is 110 Å². The summed E-state index contributed by atoms with van der Waals surface area (Å²) >= 11 is 2.49. The molecule has 0 fully saturated rings. The number of anilines is 1. The zero-order valence-electron chi connectivity index (χ0n) is 20.5. The Kier molecular flexibility index (Phi) is 7.97. The van der Waals surface area contributed by atoms with Crippen molar-refractivity contribution in [3.05, 3.63) is 102 Å². The van der Waals surface area contributed by atoms with E-state index in [1.54, 1.807) is 60.8 Å². The molecule has 7 nitrogen and oxygen atoms in total. The number of benzene rings is 3. The molecular weight excluding hydrogens is 557 g/mol. The highest BCUT2D eigenvalue weighted by Gasteiger charge is 2.30. The maximum Gasteiger partial charge on any atom is 0.416 e. The fourth-order valence-corrected chi connectivity index (χ4v) is 4.98. The largest absolute Gasteiger partial charge is 0.455 e. The molecule has 3 N–H and O–H groups in total. The maximum absolute atomic E-state index is 13.4. The third kappa shape index (κ3) is 6.23. The van der Waals surface area contributed by atoms with E-state index in [-0.39, 0.29) is 6.54 Å². The summed E-state index contributed by atoms with van der Waals surface area (Å²) in [6, 6.07) is 21.1. The molecule has 0 aliphatic rings. The van der Waals surface area contributed by atoms with E-state index in [9.17, 15) is 18.4 Å². The van der Waals surface area contributed by atoms with Crippen LogP contribution in [0.4, 0.5) is 18.3 Å². The number of nitriles is 1. The Hall–Kier alpha value is -4.44. The third-order valence-corrected chi connectivity index (χ3v) is 7.24. The summed E-state index contributed by atoms with van der Waals surface area (Å²) in [4.78, 5) is 9.07. The van der Waals surface area contributed by atoms with Gasteiger partial charge in [-0.2, -0.15) is 22.8 Å². The standard InChI is InChI=1S/C28H19F3N6OS2/c29-28(30,31)21-3-1-2-17(10-21)18-4-6-26(24(13-18)19-8-9-34-22(11-19)15-33)38-25-7-5-23(12-20(25)14-32)39-37-27-35-16-36-40-27/h1-13,16H,15,33H2,(H,35,36,37). The molecule has 0 aliphatic carbocycles. The number of ether oxygens (including phenoxy) is 1. The molecule has 12 heteroatoms. The quantitative estimate of drug-likeness (QED) is 0.183. The number of halogens is 3. The molecule has 3 aromatic carbocycles. The van der Waals surface area contributed by atoms with Crippen LogP contribution in [0.15, 0.2) is 90.2 Å². The van der Waals surface area contributed by atoms with E-state index in [4.69, 9.17) is 10.5 Å². The van der Waals surface area contributed by atoms with Crippen molar-refractivity contribution in [2.75, 3.05) is 4.72 Å². The molecule has 2 heterocycles. The monoisotopic (exact) mass is 576 g/mol. The normalized spacial score (nSPS) is 11.2. The van der Waals surface area contributed by atoms with Crippen LogP contribution in [0.25, 0.3) is 22.3 Å². The second kappa shape index (κ2) is 11.7. The number of nitrogens with zero attached hydrogens (tertiary/aromatic N) is 4. The zero-order chi connectivity index (χ0) is 28.1. The van der Waals surface area contributed by atoms with Gasteiger partial charge in [-0.1, -0.05) is 18.2 Å². The smallest absolute Gasteiger partial charge is 0.416 e. The van der Waals surface area contributed by atoms with Crippen LogP contribution in [0.1, 0.15) is 16.8 Å². The fraction of sp³-hybridized carbons (Fsp3) is 0.0714. The Labute approximate surface area is 235 Å². The first-order chi connectivity index (χ1) is 19.3. The minimum atomic E-state index is -4.46. The van der Waals surface area contributed by atoms with E-state index in [0.29, 0.717) is 50.1 Å². The second-order valence-corrected chi connectivity index (χ2v) is 10.0. The lowest BCUT2D eigenvalue weighted by atomic mass is 9.97. The summed E-state index contributed by atoms with van der Waals surface area (Å²) in [5.41, 5.74) is 8.27. The lowest BCUT2D eigenvalue weighted by Crippen LogP contribution is -2.04. The summed E-state index contributed by atoms with van der Waals surface area (Å²) in [7, 11) is 0. The van der Waals surface area contributed by atoms with Gasteiger partial charge < -0.3 is 15.2 Å². The molecule has 0 saturated carbocycles. The summed E-state index contributed by atoms with van der Waals surface area (Å²) in [6.45, 7) is 0.208. The van der Waals surface area contributed by atoms with Gasteiger partial charge in [0.25, 0.3) is 0 Å². The minimum Gasteiger partial charge on any atom is -0.455 e. The van der Waals surface area contributed by atoms with Gasteiger partial charge in [0.15, 0.2) is 0 Å². The fourth-order valence-electron chi connectivity index (χ4n) is 3.84. The number of pyridine rings is 1. The highest BCUT2D eigenvalue weighted by atomic mass is 32.2. The van der Waals surface area contributed by atoms with Crippen molar-refractivity contribution in [1.29, 1.82) is 5.26 Å². The van der Waals surface area contributed by atoms with Gasteiger partial charge in [0.05, 0.1) is 16.8 Å². The van der Waals surface area contributed by atoms with Gasteiger partial charge in [0.2, 0.25) is 5.13 Å². The van der Waals surface area contributed by atoms with E-state index in [1.165, 1.54) is 35.9 Å². The Morgan fingerprint density at radius 2 is 1.77 bits per heavy atom. The molecule has 2 aromatic heterocycles. The third-order valence-electron chi connectivity index (χ3n) is 5.75. The molecule has 200 valence electrons. The van der Waals surface area contributed by atoms with Gasteiger partial charge in [0, 0.05) is 34.7 Å². The van der Waals surface area contributed by atoms with Crippen molar-refractivity contribution in [3.8, 4) is 39.8 Å². The Bertz CT molecular complexity index is 1690. The maximum atomic E-state index is 13.4. The predicted octanol–water partition coefficient (Wildman–Crippen LogP) is 7.53. The van der Waals surface area contributed by atoms with Crippen LogP contribution in [-0.2, 0) is 12.7 Å². The first-order valence-corrected chi connectivity index (χ1v) is 13.3. The zero-order valence-corrected chi connectivity index (χ0v) is 22.1. The molecule has 0 aliphatic heterocycles. The lowest BCUT2D eigenvalue weighted by Gasteiger charge is -2.16. The molecule has 5 aromatic rings. The molecule has 0 amide bonds. The van der Waals surface area contributed by atoms with Gasteiger partial charge in [-0.3, -0.25) is 4.98 Å². The van der Waals surface area contributed by atoms with Crippen LogP contribution in [0.3, 0.4) is 0 Å². The van der Waals surface area contributed by atoms with Crippen molar-refractivity contribution in [2.45, 2.75) is 17.6 Å². The molecule has 0 saturated heterocycles. The molecule has 0 atom stereocenters. The van der Waals surface area contributed by atoms with Crippen LogP contribution in [0.5, 0.6) is 11.5 Å². The molecule has 0 unspecified atom stereocenters. The first kappa shape index (κ1) is 27.1. The minimum absolute atomic E-state index is 0.208. The van der Waals surface area contributed by atoms with Crippen molar-refractivity contribution < 1.29 is 17.9 Å². The van der Waals surface area contributed by atoms with Crippen molar-refractivity contribution in [1.82, 2.24) is 14.3 Å². The number of hydrogen-bond donors (Lipinski definition) is 2. The summed E-state index contributed by atoms with van der Waals surface area (Å²) in [6.07, 6.45) is -1.41. The van der Waals surface area contributed by atoms with E-state index in [1.807, 2.05) is 0 Å². The van der Waals surface area contributed by atoms with E-state index in [2.05, 4.69) is 25.1 Å². The van der Waals surface area contributed by atoms with Crippen LogP contribution in [0.2, 0.25) is 0 Å². The van der Waals surface area contributed by atoms with Crippen LogP contribution in [-0.4, -0.2) is 14.3 Å². The van der Waals surface area contributed by atoms with Gasteiger partial charge in [-0.25, -0.2) is 4.98 Å². The summed E-state index contributed by atoms with van der Waals surface area (Å²) in [5, 5.41) is 10.4. The number of nitrogens with one attached hydrogen (secondary N) is 1.